The molecule has 2 aromatic rings. The van der Waals surface area contributed by atoms with E-state index in [1.54, 1.807) is 6.21 Å². The molecule has 0 spiro atoms. The number of rotatable bonds is 10. The van der Waals surface area contributed by atoms with Crippen molar-refractivity contribution in [2.45, 2.75) is 19.9 Å². The average molecular weight is 457 g/mol. The Balaban J connectivity index is 2.11. The molecule has 0 aromatic heterocycles. The van der Waals surface area contributed by atoms with Crippen LogP contribution in [0.5, 0.6) is 17.2 Å². The Bertz CT molecular complexity index is 962. The van der Waals surface area contributed by atoms with Gasteiger partial charge in [0.1, 0.15) is 6.04 Å². The molecule has 2 N–H and O–H groups in total. The number of methoxy groups -OCH3 is 3. The van der Waals surface area contributed by atoms with Gasteiger partial charge in [0.15, 0.2) is 11.5 Å². The van der Waals surface area contributed by atoms with Crippen LogP contribution in [0, 0.1) is 5.92 Å². The Morgan fingerprint density at radius 1 is 0.970 bits per heavy atom. The number of hydrazone groups is 1. The lowest BCUT2D eigenvalue weighted by atomic mass is 10.0. The summed E-state index contributed by atoms with van der Waals surface area (Å²) in [7, 11) is 8.34. The topological polar surface area (TPSA) is 101 Å². The van der Waals surface area contributed by atoms with E-state index in [2.05, 4.69) is 15.8 Å². The van der Waals surface area contributed by atoms with Gasteiger partial charge < -0.3 is 24.4 Å². The number of hydrogen-bond donors (Lipinski definition) is 2. The van der Waals surface area contributed by atoms with Gasteiger partial charge in [-0.15, -0.1) is 0 Å². The number of hydrogen-bond acceptors (Lipinski definition) is 7. The minimum absolute atomic E-state index is 0.175. The highest BCUT2D eigenvalue weighted by Crippen LogP contribution is 2.38. The highest BCUT2D eigenvalue weighted by atomic mass is 16.5. The van der Waals surface area contributed by atoms with E-state index in [4.69, 9.17) is 14.2 Å². The van der Waals surface area contributed by atoms with E-state index in [0.29, 0.717) is 17.2 Å². The molecule has 0 radical (unpaired) electrons. The van der Waals surface area contributed by atoms with Crippen molar-refractivity contribution in [2.75, 3.05) is 40.3 Å². The Morgan fingerprint density at radius 2 is 1.55 bits per heavy atom. The number of nitrogens with zero attached hydrogens (tertiary/aromatic N) is 2. The fourth-order valence-electron chi connectivity index (χ4n) is 3.07. The zero-order valence-corrected chi connectivity index (χ0v) is 20.1. The highest BCUT2D eigenvalue weighted by Gasteiger charge is 2.26. The second kappa shape index (κ2) is 11.8. The van der Waals surface area contributed by atoms with Crippen LogP contribution in [0.2, 0.25) is 0 Å². The molecule has 0 aliphatic carbocycles. The first kappa shape index (κ1) is 25.5. The van der Waals surface area contributed by atoms with E-state index < -0.39 is 17.9 Å². The van der Waals surface area contributed by atoms with E-state index in [1.165, 1.54) is 33.5 Å². The first-order chi connectivity index (χ1) is 15.7. The van der Waals surface area contributed by atoms with Crippen LogP contribution in [0.3, 0.4) is 0 Å². The molecule has 9 heteroatoms. The van der Waals surface area contributed by atoms with Crippen LogP contribution in [0.1, 0.15) is 29.8 Å². The lowest BCUT2D eigenvalue weighted by molar-refractivity contribution is -0.123. The number of carbonyl (C=O) groups is 2. The molecule has 2 amide bonds. The normalized spacial score (nSPS) is 11.8. The average Bonchev–Trinajstić information content (AvgIpc) is 2.81. The zero-order valence-electron chi connectivity index (χ0n) is 20.1. The summed E-state index contributed by atoms with van der Waals surface area (Å²) in [5, 5.41) is 6.79. The molecule has 0 saturated heterocycles. The van der Waals surface area contributed by atoms with E-state index in [-0.39, 0.29) is 11.5 Å². The van der Waals surface area contributed by atoms with Crippen molar-refractivity contribution in [2.24, 2.45) is 11.0 Å². The third kappa shape index (κ3) is 6.61. The van der Waals surface area contributed by atoms with Gasteiger partial charge in [-0.05, 0) is 35.7 Å². The minimum atomic E-state index is -0.801. The molecule has 178 valence electrons. The Morgan fingerprint density at radius 3 is 2.00 bits per heavy atom. The second-order valence-electron chi connectivity index (χ2n) is 7.83. The SMILES string of the molecule is COc1cc(C(=O)N[C@H](C(=O)N/N=C\c2ccc(N(C)C)cc2)C(C)C)cc(OC)c1OC. The van der Waals surface area contributed by atoms with Crippen LogP contribution in [0.4, 0.5) is 5.69 Å². The van der Waals surface area contributed by atoms with Crippen molar-refractivity contribution in [1.29, 1.82) is 0 Å². The molecule has 0 bridgehead atoms. The van der Waals surface area contributed by atoms with Crippen LogP contribution in [-0.2, 0) is 4.79 Å². The molecule has 2 rings (SSSR count). The summed E-state index contributed by atoms with van der Waals surface area (Å²) < 4.78 is 15.9. The van der Waals surface area contributed by atoms with Crippen molar-refractivity contribution in [1.82, 2.24) is 10.7 Å². The standard InChI is InChI=1S/C24H32N4O5/c1-15(2)21(24(30)27-25-14-16-8-10-18(11-9-16)28(3)4)26-23(29)17-12-19(31-5)22(33-7)20(13-17)32-6/h8-15,21H,1-7H3,(H,26,29)(H,27,30)/b25-14-/t21-/m0/s1. The maximum absolute atomic E-state index is 12.9. The quantitative estimate of drug-likeness (QED) is 0.421. The summed E-state index contributed by atoms with van der Waals surface area (Å²) in [5.74, 6) is 0.0152. The number of carbonyl (C=O) groups excluding carboxylic acids is 2. The summed E-state index contributed by atoms with van der Waals surface area (Å²) in [5.41, 5.74) is 4.67. The number of amides is 2. The van der Waals surface area contributed by atoms with Gasteiger partial charge in [-0.1, -0.05) is 26.0 Å². The first-order valence-electron chi connectivity index (χ1n) is 10.4. The summed E-state index contributed by atoms with van der Waals surface area (Å²) in [4.78, 5) is 27.6. The maximum atomic E-state index is 12.9. The van der Waals surface area contributed by atoms with Gasteiger partial charge in [0.25, 0.3) is 11.8 Å². The molecule has 33 heavy (non-hydrogen) atoms. The number of anilines is 1. The summed E-state index contributed by atoms with van der Waals surface area (Å²) in [6, 6.07) is 9.97. The number of benzene rings is 2. The van der Waals surface area contributed by atoms with Gasteiger partial charge >= 0.3 is 0 Å². The Kier molecular flexibility index (Phi) is 9.08. The van der Waals surface area contributed by atoms with E-state index in [0.717, 1.165) is 11.3 Å². The van der Waals surface area contributed by atoms with Crippen molar-refractivity contribution < 1.29 is 23.8 Å². The van der Waals surface area contributed by atoms with E-state index in [1.807, 2.05) is 57.1 Å². The van der Waals surface area contributed by atoms with Gasteiger partial charge in [-0.25, -0.2) is 5.43 Å². The van der Waals surface area contributed by atoms with Gasteiger partial charge in [0.2, 0.25) is 5.75 Å². The number of ether oxygens (including phenoxy) is 3. The minimum Gasteiger partial charge on any atom is -0.493 e. The summed E-state index contributed by atoms with van der Waals surface area (Å²) >= 11 is 0. The molecule has 0 heterocycles. The van der Waals surface area contributed by atoms with Crippen LogP contribution in [0.15, 0.2) is 41.5 Å². The molecular weight excluding hydrogens is 424 g/mol. The van der Waals surface area contributed by atoms with Crippen molar-refractivity contribution in [3.05, 3.63) is 47.5 Å². The van der Waals surface area contributed by atoms with Crippen molar-refractivity contribution in [3.63, 3.8) is 0 Å². The molecule has 9 nitrogen and oxygen atoms in total. The van der Waals surface area contributed by atoms with Crippen LogP contribution in [-0.4, -0.2) is 59.5 Å². The third-order valence-electron chi connectivity index (χ3n) is 4.96. The van der Waals surface area contributed by atoms with Crippen LogP contribution in [0.25, 0.3) is 0 Å². The molecule has 0 aliphatic heterocycles. The van der Waals surface area contributed by atoms with Crippen LogP contribution < -0.4 is 29.9 Å². The predicted molar refractivity (Wildman–Crippen MR) is 129 cm³/mol. The zero-order chi connectivity index (χ0) is 24.5. The van der Waals surface area contributed by atoms with Crippen molar-refractivity contribution >= 4 is 23.7 Å². The largest absolute Gasteiger partial charge is 0.493 e. The fraction of sp³-hybridized carbons (Fsp3) is 0.375. The Hall–Kier alpha value is -3.75. The summed E-state index contributed by atoms with van der Waals surface area (Å²) in [6.45, 7) is 3.67. The lowest BCUT2D eigenvalue weighted by Crippen LogP contribution is -2.48. The monoisotopic (exact) mass is 456 g/mol. The smallest absolute Gasteiger partial charge is 0.262 e. The molecular formula is C24H32N4O5. The molecule has 2 aromatic carbocycles. The number of nitrogens with one attached hydrogen (secondary N) is 2. The fourth-order valence-corrected chi connectivity index (χ4v) is 3.07. The van der Waals surface area contributed by atoms with Gasteiger partial charge in [0, 0.05) is 25.3 Å². The van der Waals surface area contributed by atoms with Gasteiger partial charge in [0.05, 0.1) is 27.5 Å². The summed E-state index contributed by atoms with van der Waals surface area (Å²) in [6.07, 6.45) is 1.55. The lowest BCUT2D eigenvalue weighted by Gasteiger charge is -2.21. The molecule has 0 saturated carbocycles. The third-order valence-corrected chi connectivity index (χ3v) is 4.96. The van der Waals surface area contributed by atoms with Gasteiger partial charge in [-0.3, -0.25) is 9.59 Å². The van der Waals surface area contributed by atoms with E-state index in [9.17, 15) is 9.59 Å². The second-order valence-corrected chi connectivity index (χ2v) is 7.83. The molecule has 1 atom stereocenters. The van der Waals surface area contributed by atoms with Gasteiger partial charge in [-0.2, -0.15) is 5.10 Å². The molecule has 0 aliphatic rings. The molecule has 0 fully saturated rings. The maximum Gasteiger partial charge on any atom is 0.262 e. The highest BCUT2D eigenvalue weighted by molar-refractivity contribution is 5.98. The Labute approximate surface area is 194 Å². The molecule has 0 unspecified atom stereocenters. The van der Waals surface area contributed by atoms with Crippen LogP contribution >= 0.6 is 0 Å². The van der Waals surface area contributed by atoms with Crippen molar-refractivity contribution in [3.8, 4) is 17.2 Å². The first-order valence-corrected chi connectivity index (χ1v) is 10.4. The van der Waals surface area contributed by atoms with E-state index >= 15 is 0 Å². The predicted octanol–water partition coefficient (Wildman–Crippen LogP) is 2.68.